The zero-order valence-corrected chi connectivity index (χ0v) is 13.2. The molecular weight excluding hydrogens is 259 g/mol. The number of benzene rings is 1. The number of anilines is 1. The molecule has 1 N–H and O–H groups in total. The lowest BCUT2D eigenvalue weighted by Crippen LogP contribution is -2.32. The Bertz CT molecular complexity index is 384. The van der Waals surface area contributed by atoms with E-state index in [1.54, 1.807) is 12.1 Å². The molecule has 1 rings (SSSR count). The summed E-state index contributed by atoms with van der Waals surface area (Å²) in [7, 11) is 2.08. The van der Waals surface area contributed by atoms with E-state index in [1.807, 2.05) is 17.8 Å². The van der Waals surface area contributed by atoms with Crippen LogP contribution in [0.4, 0.5) is 10.1 Å². The molecule has 1 aromatic rings. The van der Waals surface area contributed by atoms with Gasteiger partial charge < -0.3 is 10.2 Å². The first-order valence-corrected chi connectivity index (χ1v) is 8.20. The van der Waals surface area contributed by atoms with E-state index in [9.17, 15) is 4.39 Å². The summed E-state index contributed by atoms with van der Waals surface area (Å²) in [4.78, 5) is 2.24. The Morgan fingerprint density at radius 3 is 2.79 bits per heavy atom. The number of hydrogen-bond donors (Lipinski definition) is 1. The minimum Gasteiger partial charge on any atom is -0.371 e. The lowest BCUT2D eigenvalue weighted by Gasteiger charge is -2.28. The maximum absolute atomic E-state index is 13.4. The van der Waals surface area contributed by atoms with Crippen molar-refractivity contribution in [2.24, 2.45) is 0 Å². The van der Waals surface area contributed by atoms with Crippen LogP contribution in [0.25, 0.3) is 0 Å². The van der Waals surface area contributed by atoms with Crippen LogP contribution in [0, 0.1) is 5.82 Å². The normalized spacial score (nSPS) is 12.5. The summed E-state index contributed by atoms with van der Waals surface area (Å²) >= 11 is 1.83. The summed E-state index contributed by atoms with van der Waals surface area (Å²) in [6.07, 6.45) is 3.20. The zero-order chi connectivity index (χ0) is 14.3. The minimum absolute atomic E-state index is 0.164. The average molecular weight is 284 g/mol. The van der Waals surface area contributed by atoms with E-state index in [0.29, 0.717) is 6.04 Å². The second-order valence-electron chi connectivity index (χ2n) is 4.87. The smallest absolute Gasteiger partial charge is 0.123 e. The predicted molar refractivity (Wildman–Crippen MR) is 84.6 cm³/mol. The summed E-state index contributed by atoms with van der Waals surface area (Å²) < 4.78 is 13.4. The van der Waals surface area contributed by atoms with Crippen LogP contribution in [0.2, 0.25) is 0 Å². The molecular formula is C15H25FN2S. The molecule has 0 spiro atoms. The second-order valence-corrected chi connectivity index (χ2v) is 5.78. The van der Waals surface area contributed by atoms with Crippen LogP contribution >= 0.6 is 11.8 Å². The third-order valence-corrected chi connectivity index (χ3v) is 4.05. The fraction of sp³-hybridized carbons (Fsp3) is 0.600. The monoisotopic (exact) mass is 284 g/mol. The Kier molecular flexibility index (Phi) is 7.24. The quantitative estimate of drug-likeness (QED) is 0.735. The Hall–Kier alpha value is -0.740. The van der Waals surface area contributed by atoms with Crippen LogP contribution in [-0.2, 0) is 6.54 Å². The Morgan fingerprint density at radius 2 is 2.16 bits per heavy atom. The highest BCUT2D eigenvalue weighted by atomic mass is 32.2. The van der Waals surface area contributed by atoms with E-state index in [1.165, 1.54) is 0 Å². The number of nitrogens with one attached hydrogen (secondary N) is 1. The lowest BCUT2D eigenvalue weighted by atomic mass is 10.1. The maximum Gasteiger partial charge on any atom is 0.123 e. The second kappa shape index (κ2) is 8.43. The number of nitrogens with zero attached hydrogens (tertiary/aromatic N) is 1. The summed E-state index contributed by atoms with van der Waals surface area (Å²) in [5.74, 6) is 0.901. The zero-order valence-electron chi connectivity index (χ0n) is 12.4. The summed E-state index contributed by atoms with van der Waals surface area (Å²) in [5, 5.41) is 3.35. The largest absolute Gasteiger partial charge is 0.371 e. The van der Waals surface area contributed by atoms with E-state index in [2.05, 4.69) is 37.4 Å². The fourth-order valence-corrected chi connectivity index (χ4v) is 2.74. The fourth-order valence-electron chi connectivity index (χ4n) is 2.03. The highest BCUT2D eigenvalue weighted by Gasteiger charge is 2.13. The molecule has 108 valence electrons. The van der Waals surface area contributed by atoms with Gasteiger partial charge in [-0.1, -0.05) is 6.92 Å². The van der Waals surface area contributed by atoms with E-state index in [4.69, 9.17) is 0 Å². The van der Waals surface area contributed by atoms with Crippen LogP contribution in [0.1, 0.15) is 25.8 Å². The molecule has 0 fully saturated rings. The van der Waals surface area contributed by atoms with Gasteiger partial charge in [0.2, 0.25) is 0 Å². The van der Waals surface area contributed by atoms with Crippen LogP contribution in [0.3, 0.4) is 0 Å². The van der Waals surface area contributed by atoms with Crippen molar-refractivity contribution in [1.82, 2.24) is 5.32 Å². The maximum atomic E-state index is 13.4. The molecule has 1 atom stereocenters. The number of rotatable bonds is 8. The molecule has 2 nitrogen and oxygen atoms in total. The average Bonchev–Trinajstić information content (AvgIpc) is 2.39. The molecule has 0 aliphatic carbocycles. The van der Waals surface area contributed by atoms with Crippen molar-refractivity contribution >= 4 is 17.4 Å². The molecule has 1 unspecified atom stereocenters. The van der Waals surface area contributed by atoms with E-state index in [-0.39, 0.29) is 5.82 Å². The van der Waals surface area contributed by atoms with Crippen LogP contribution in [0.5, 0.6) is 0 Å². The number of hydrogen-bond acceptors (Lipinski definition) is 3. The van der Waals surface area contributed by atoms with E-state index >= 15 is 0 Å². The molecule has 0 amide bonds. The molecule has 4 heteroatoms. The van der Waals surface area contributed by atoms with Crippen LogP contribution in [-0.4, -0.2) is 31.6 Å². The molecule has 0 aliphatic rings. The highest BCUT2D eigenvalue weighted by Crippen LogP contribution is 2.23. The molecule has 0 bridgehead atoms. The SMILES string of the molecule is CCCNCc1cc(F)ccc1N(C)C(C)CSC. The van der Waals surface area contributed by atoms with Gasteiger partial charge in [-0.25, -0.2) is 4.39 Å². The molecule has 0 aliphatic heterocycles. The summed E-state index contributed by atoms with van der Waals surface area (Å²) in [6, 6.07) is 5.50. The molecule has 0 aromatic heterocycles. The standard InChI is InChI=1S/C15H25FN2S/c1-5-8-17-10-13-9-14(16)6-7-15(13)18(3)12(2)11-19-4/h6-7,9,12,17H,5,8,10-11H2,1-4H3. The lowest BCUT2D eigenvalue weighted by molar-refractivity contribution is 0.617. The van der Waals surface area contributed by atoms with Gasteiger partial charge >= 0.3 is 0 Å². The van der Waals surface area contributed by atoms with Gasteiger partial charge in [0, 0.05) is 31.1 Å². The van der Waals surface area contributed by atoms with Gasteiger partial charge in [-0.3, -0.25) is 0 Å². The molecule has 0 heterocycles. The van der Waals surface area contributed by atoms with Crippen molar-refractivity contribution in [3.63, 3.8) is 0 Å². The third-order valence-electron chi connectivity index (χ3n) is 3.23. The molecule has 0 saturated carbocycles. The van der Waals surface area contributed by atoms with Crippen molar-refractivity contribution in [2.75, 3.05) is 30.5 Å². The van der Waals surface area contributed by atoms with Crippen molar-refractivity contribution in [3.05, 3.63) is 29.6 Å². The number of thioether (sulfide) groups is 1. The van der Waals surface area contributed by atoms with Gasteiger partial charge in [0.05, 0.1) is 0 Å². The van der Waals surface area contributed by atoms with Gasteiger partial charge in [-0.2, -0.15) is 11.8 Å². The van der Waals surface area contributed by atoms with Crippen molar-refractivity contribution < 1.29 is 4.39 Å². The van der Waals surface area contributed by atoms with Crippen LogP contribution in [0.15, 0.2) is 18.2 Å². The van der Waals surface area contributed by atoms with Crippen molar-refractivity contribution in [1.29, 1.82) is 0 Å². The van der Waals surface area contributed by atoms with Gasteiger partial charge in [-0.05, 0) is 49.9 Å². The minimum atomic E-state index is -0.164. The molecule has 0 radical (unpaired) electrons. The summed E-state index contributed by atoms with van der Waals surface area (Å²) in [6.45, 7) is 6.01. The summed E-state index contributed by atoms with van der Waals surface area (Å²) in [5.41, 5.74) is 2.15. The first-order chi connectivity index (χ1) is 9.10. The van der Waals surface area contributed by atoms with Crippen molar-refractivity contribution in [3.8, 4) is 0 Å². The molecule has 19 heavy (non-hydrogen) atoms. The number of halogens is 1. The first kappa shape index (κ1) is 16.3. The highest BCUT2D eigenvalue weighted by molar-refractivity contribution is 7.98. The Labute approximate surface area is 120 Å². The first-order valence-electron chi connectivity index (χ1n) is 6.81. The van der Waals surface area contributed by atoms with E-state index < -0.39 is 0 Å². The topological polar surface area (TPSA) is 15.3 Å². The van der Waals surface area contributed by atoms with Crippen LogP contribution < -0.4 is 10.2 Å². The molecule has 0 saturated heterocycles. The predicted octanol–water partition coefficient (Wildman–Crippen LogP) is 3.51. The third kappa shape index (κ3) is 5.03. The Balaban J connectivity index is 2.85. The van der Waals surface area contributed by atoms with Gasteiger partial charge in [0.1, 0.15) is 5.82 Å². The van der Waals surface area contributed by atoms with E-state index in [0.717, 1.165) is 36.5 Å². The van der Waals surface area contributed by atoms with Gasteiger partial charge in [0.15, 0.2) is 0 Å². The van der Waals surface area contributed by atoms with Crippen molar-refractivity contribution in [2.45, 2.75) is 32.9 Å². The Morgan fingerprint density at radius 1 is 1.42 bits per heavy atom. The molecule has 1 aromatic carbocycles. The van der Waals surface area contributed by atoms with Gasteiger partial charge in [-0.15, -0.1) is 0 Å². The van der Waals surface area contributed by atoms with Gasteiger partial charge in [0.25, 0.3) is 0 Å².